The first-order valence-corrected chi connectivity index (χ1v) is 15.0. The van der Waals surface area contributed by atoms with E-state index in [1.165, 1.54) is 6.08 Å². The van der Waals surface area contributed by atoms with E-state index in [-0.39, 0.29) is 10.5 Å². The summed E-state index contributed by atoms with van der Waals surface area (Å²) in [6.07, 6.45) is 6.96. The topological polar surface area (TPSA) is 108 Å². The molecule has 41 heavy (non-hydrogen) atoms. The molecule has 0 unspecified atom stereocenters. The van der Waals surface area contributed by atoms with Gasteiger partial charge in [0.2, 0.25) is 10.0 Å². The molecule has 1 aliphatic rings. The molecule has 5 rings (SSSR count). The highest BCUT2D eigenvalue weighted by atomic mass is 32.2. The van der Waals surface area contributed by atoms with E-state index in [0.717, 1.165) is 36.9 Å². The lowest BCUT2D eigenvalue weighted by molar-refractivity contribution is -0.112. The second-order valence-electron chi connectivity index (χ2n) is 10.0. The van der Waals surface area contributed by atoms with Crippen LogP contribution in [0.5, 0.6) is 0 Å². The molecule has 4 aromatic rings. The molecule has 0 aliphatic carbocycles. The van der Waals surface area contributed by atoms with Crippen molar-refractivity contribution < 1.29 is 13.2 Å². The molecular weight excluding hydrogens is 534 g/mol. The first-order valence-electron chi connectivity index (χ1n) is 13.6. The first kappa shape index (κ1) is 28.0. The summed E-state index contributed by atoms with van der Waals surface area (Å²) < 4.78 is 30.3. The monoisotopic (exact) mass is 565 g/mol. The predicted octanol–water partition coefficient (Wildman–Crippen LogP) is 5.96. The lowest BCUT2D eigenvalue weighted by Crippen LogP contribution is -2.31. The molecule has 0 radical (unpaired) electrons. The highest BCUT2D eigenvalue weighted by Gasteiger charge is 2.26. The largest absolute Gasteiger partial charge is 0.321 e. The fourth-order valence-electron chi connectivity index (χ4n) is 4.80. The van der Waals surface area contributed by atoms with Gasteiger partial charge in [-0.15, -0.1) is 0 Å². The summed E-state index contributed by atoms with van der Waals surface area (Å²) in [7, 11) is -3.69. The Labute approximate surface area is 240 Å². The van der Waals surface area contributed by atoms with Gasteiger partial charge < -0.3 is 5.32 Å². The minimum Gasteiger partial charge on any atom is -0.321 e. The van der Waals surface area contributed by atoms with Crippen LogP contribution < -0.4 is 5.32 Å². The number of carbonyl (C=O) groups excluding carboxylic acids is 1. The minimum absolute atomic E-state index is 0.104. The Morgan fingerprint density at radius 3 is 2.34 bits per heavy atom. The molecule has 1 aliphatic heterocycles. The third-order valence-electron chi connectivity index (χ3n) is 7.05. The molecule has 1 N–H and O–H groups in total. The van der Waals surface area contributed by atoms with E-state index in [2.05, 4.69) is 5.32 Å². The number of hydrogen-bond donors (Lipinski definition) is 1. The van der Waals surface area contributed by atoms with Crippen molar-refractivity contribution in [1.82, 2.24) is 14.1 Å². The van der Waals surface area contributed by atoms with E-state index in [9.17, 15) is 18.5 Å². The molecular formula is C32H31N5O3S. The van der Waals surface area contributed by atoms with Gasteiger partial charge >= 0.3 is 0 Å². The van der Waals surface area contributed by atoms with E-state index in [1.54, 1.807) is 51.6 Å². The zero-order valence-corrected chi connectivity index (χ0v) is 23.6. The average molecular weight is 566 g/mol. The normalized spacial score (nSPS) is 14.7. The SMILES string of the molecule is Cc1ccc(NC(=O)/C(C#N)=C\c2cn(-c3ccccc3)nc2-c2cccc(S(=O)(=O)N3CCCCCC3)c2)cc1. The summed E-state index contributed by atoms with van der Waals surface area (Å²) >= 11 is 0. The summed E-state index contributed by atoms with van der Waals surface area (Å²) in [5.74, 6) is -0.549. The summed E-state index contributed by atoms with van der Waals surface area (Å²) in [5.41, 5.74) is 3.84. The number of aromatic nitrogens is 2. The van der Waals surface area contributed by atoms with E-state index in [0.29, 0.717) is 35.6 Å². The van der Waals surface area contributed by atoms with Crippen molar-refractivity contribution in [3.05, 3.63) is 102 Å². The Kier molecular flexibility index (Phi) is 8.43. The van der Waals surface area contributed by atoms with Gasteiger partial charge in [-0.05, 0) is 62.2 Å². The lowest BCUT2D eigenvalue weighted by atomic mass is 10.1. The van der Waals surface area contributed by atoms with E-state index in [1.807, 2.05) is 55.5 Å². The summed E-state index contributed by atoms with van der Waals surface area (Å²) in [6, 6.07) is 25.5. The number of amides is 1. The van der Waals surface area contributed by atoms with Crippen molar-refractivity contribution in [2.75, 3.05) is 18.4 Å². The van der Waals surface area contributed by atoms with E-state index < -0.39 is 15.9 Å². The molecule has 0 bridgehead atoms. The van der Waals surface area contributed by atoms with Crippen molar-refractivity contribution in [3.63, 3.8) is 0 Å². The highest BCUT2D eigenvalue weighted by molar-refractivity contribution is 7.89. The van der Waals surface area contributed by atoms with E-state index in [4.69, 9.17) is 5.10 Å². The van der Waals surface area contributed by atoms with Crippen molar-refractivity contribution in [3.8, 4) is 23.0 Å². The van der Waals surface area contributed by atoms with Crippen molar-refractivity contribution in [2.45, 2.75) is 37.5 Å². The Morgan fingerprint density at radius 1 is 0.951 bits per heavy atom. The van der Waals surface area contributed by atoms with Crippen LogP contribution in [-0.4, -0.2) is 41.5 Å². The van der Waals surface area contributed by atoms with Crippen LogP contribution in [0.3, 0.4) is 0 Å². The van der Waals surface area contributed by atoms with Crippen molar-refractivity contribution in [2.24, 2.45) is 0 Å². The number of aryl methyl sites for hydroxylation is 1. The van der Waals surface area contributed by atoms with Gasteiger partial charge in [-0.25, -0.2) is 13.1 Å². The summed E-state index contributed by atoms with van der Waals surface area (Å²) in [4.78, 5) is 13.2. The Morgan fingerprint density at radius 2 is 1.66 bits per heavy atom. The van der Waals surface area contributed by atoms with Gasteiger partial charge in [0.1, 0.15) is 17.3 Å². The highest BCUT2D eigenvalue weighted by Crippen LogP contribution is 2.29. The standard InChI is InChI=1S/C32H31N5O3S/c1-24-14-16-28(17-15-24)34-32(38)26(22-33)20-27-23-37(29-11-5-4-6-12-29)35-31(27)25-10-9-13-30(21-25)41(39,40)36-18-7-2-3-8-19-36/h4-6,9-17,20-21,23H,2-3,7-8,18-19H2,1H3,(H,34,38)/b26-20-. The van der Waals surface area contributed by atoms with Gasteiger partial charge in [0.05, 0.1) is 10.6 Å². The van der Waals surface area contributed by atoms with Crippen LogP contribution in [0.25, 0.3) is 23.0 Å². The molecule has 1 amide bonds. The third kappa shape index (κ3) is 6.46. The summed E-state index contributed by atoms with van der Waals surface area (Å²) in [6.45, 7) is 2.96. The van der Waals surface area contributed by atoms with Crippen LogP contribution in [0.15, 0.2) is 95.5 Å². The van der Waals surface area contributed by atoms with Crippen LogP contribution in [0, 0.1) is 18.3 Å². The van der Waals surface area contributed by atoms with Gasteiger partial charge in [0, 0.05) is 36.1 Å². The second-order valence-corrected chi connectivity index (χ2v) is 12.0. The maximum absolute atomic E-state index is 13.5. The fourth-order valence-corrected chi connectivity index (χ4v) is 6.37. The number of nitriles is 1. The van der Waals surface area contributed by atoms with Crippen LogP contribution >= 0.6 is 0 Å². The molecule has 1 fully saturated rings. The molecule has 1 saturated heterocycles. The quantitative estimate of drug-likeness (QED) is 0.220. The van der Waals surface area contributed by atoms with Gasteiger partial charge in [-0.2, -0.15) is 14.7 Å². The van der Waals surface area contributed by atoms with Gasteiger partial charge in [0.15, 0.2) is 0 Å². The first-order chi connectivity index (χ1) is 19.8. The number of nitrogens with one attached hydrogen (secondary N) is 1. The number of benzene rings is 3. The van der Waals surface area contributed by atoms with Gasteiger partial charge in [-0.3, -0.25) is 4.79 Å². The second kappa shape index (κ2) is 12.3. The molecule has 3 aromatic carbocycles. The Hall–Kier alpha value is -4.52. The molecule has 0 atom stereocenters. The predicted molar refractivity (Wildman–Crippen MR) is 160 cm³/mol. The van der Waals surface area contributed by atoms with E-state index >= 15 is 0 Å². The third-order valence-corrected chi connectivity index (χ3v) is 8.94. The molecule has 1 aromatic heterocycles. The smallest absolute Gasteiger partial charge is 0.266 e. The number of rotatable bonds is 7. The number of anilines is 1. The Balaban J connectivity index is 1.55. The molecule has 0 saturated carbocycles. The minimum atomic E-state index is -3.69. The Bertz CT molecular complexity index is 1710. The average Bonchev–Trinajstić information content (AvgIpc) is 3.21. The zero-order valence-electron chi connectivity index (χ0n) is 22.8. The number of hydrogen-bond acceptors (Lipinski definition) is 5. The molecule has 8 nitrogen and oxygen atoms in total. The number of para-hydroxylation sites is 1. The fraction of sp³-hybridized carbons (Fsp3) is 0.219. The van der Waals surface area contributed by atoms with Crippen LogP contribution in [0.1, 0.15) is 36.8 Å². The van der Waals surface area contributed by atoms with Crippen LogP contribution in [0.2, 0.25) is 0 Å². The lowest BCUT2D eigenvalue weighted by Gasteiger charge is -2.20. The van der Waals surface area contributed by atoms with Crippen LogP contribution in [-0.2, 0) is 14.8 Å². The molecule has 2 heterocycles. The molecule has 208 valence electrons. The maximum Gasteiger partial charge on any atom is 0.266 e. The zero-order chi connectivity index (χ0) is 28.8. The van der Waals surface area contributed by atoms with Gasteiger partial charge in [0.25, 0.3) is 5.91 Å². The number of sulfonamides is 1. The van der Waals surface area contributed by atoms with Gasteiger partial charge in [-0.1, -0.05) is 60.9 Å². The number of carbonyl (C=O) groups is 1. The molecule has 9 heteroatoms. The van der Waals surface area contributed by atoms with Crippen molar-refractivity contribution in [1.29, 1.82) is 5.26 Å². The van der Waals surface area contributed by atoms with Crippen LogP contribution in [0.4, 0.5) is 5.69 Å². The van der Waals surface area contributed by atoms with Crippen molar-refractivity contribution >= 4 is 27.7 Å². The maximum atomic E-state index is 13.5. The summed E-state index contributed by atoms with van der Waals surface area (Å²) in [5, 5.41) is 17.4. The molecule has 0 spiro atoms. The number of nitrogens with zero attached hydrogens (tertiary/aromatic N) is 4.